The molecule has 4 aliphatic heterocycles. The Bertz CT molecular complexity index is 2040. The van der Waals surface area contributed by atoms with Crippen LogP contribution < -0.4 is 27.0 Å². The van der Waals surface area contributed by atoms with Gasteiger partial charge in [0.2, 0.25) is 0 Å². The summed E-state index contributed by atoms with van der Waals surface area (Å²) in [7, 11) is 0. The number of oxime groups is 2. The van der Waals surface area contributed by atoms with Gasteiger partial charge in [0.25, 0.3) is 23.6 Å². The van der Waals surface area contributed by atoms with Crippen molar-refractivity contribution in [2.24, 2.45) is 10.3 Å². The minimum absolute atomic E-state index is 0.0542. The van der Waals surface area contributed by atoms with E-state index in [9.17, 15) is 44.3 Å². The van der Waals surface area contributed by atoms with Crippen molar-refractivity contribution >= 4 is 103 Å². The van der Waals surface area contributed by atoms with Crippen LogP contribution in [0.4, 0.5) is 10.3 Å². The molecule has 0 aliphatic carbocycles. The Morgan fingerprint density at radius 1 is 1.10 bits per heavy atom. The van der Waals surface area contributed by atoms with E-state index in [2.05, 4.69) is 48.1 Å². The molecule has 6 heterocycles. The van der Waals surface area contributed by atoms with Gasteiger partial charge in [-0.3, -0.25) is 24.1 Å². The fraction of sp³-hybridized carbons (Fsp3) is 0.286. The average Bonchev–Trinajstić information content (AvgIpc) is 3.84. The Morgan fingerprint density at radius 2 is 1.79 bits per heavy atom. The summed E-state index contributed by atoms with van der Waals surface area (Å²) in [6.07, 6.45) is 0.856. The molecule has 0 spiro atoms. The monoisotopic (exact) mass is 790 g/mol. The normalized spacial score (nSPS) is 23.4. The fourth-order valence-electron chi connectivity index (χ4n) is 5.45. The van der Waals surface area contributed by atoms with Gasteiger partial charge >= 0.3 is 11.9 Å². The summed E-state index contributed by atoms with van der Waals surface area (Å²) in [5.74, 6) is -5.00. The summed E-state index contributed by atoms with van der Waals surface area (Å²) in [5.41, 5.74) is 5.19. The highest BCUT2D eigenvalue weighted by Gasteiger charge is 2.54. The number of hydrogen-bond donors (Lipinski definition) is 8. The van der Waals surface area contributed by atoms with Crippen LogP contribution in [0.1, 0.15) is 18.3 Å². The lowest BCUT2D eigenvalue weighted by molar-refractivity contribution is -0.150. The van der Waals surface area contributed by atoms with E-state index in [0.717, 1.165) is 27.6 Å². The van der Waals surface area contributed by atoms with Gasteiger partial charge < -0.3 is 47.3 Å². The van der Waals surface area contributed by atoms with Crippen molar-refractivity contribution in [3.63, 3.8) is 0 Å². The van der Waals surface area contributed by atoms with Crippen LogP contribution in [-0.2, 0) is 33.5 Å². The number of hydrogen-bond acceptors (Lipinski definition) is 19. The zero-order valence-electron chi connectivity index (χ0n) is 26.4. The number of aromatic nitrogens is 2. The van der Waals surface area contributed by atoms with Crippen LogP contribution in [0.5, 0.6) is 0 Å². The van der Waals surface area contributed by atoms with Crippen LogP contribution in [0, 0.1) is 0 Å². The third-order valence-electron chi connectivity index (χ3n) is 7.98. The van der Waals surface area contributed by atoms with Gasteiger partial charge in [0.05, 0.1) is 0 Å². The number of carboxylic acid groups (broad SMARTS) is 1. The molecule has 20 nitrogen and oxygen atoms in total. The number of allylic oxidation sites excluding steroid dienone is 1. The van der Waals surface area contributed by atoms with Crippen molar-refractivity contribution in [2.75, 3.05) is 22.6 Å². The molecule has 0 bridgehead atoms. The number of fused-ring (bicyclic) bond motifs is 1. The highest BCUT2D eigenvalue weighted by molar-refractivity contribution is 8.00. The van der Waals surface area contributed by atoms with Crippen molar-refractivity contribution in [1.29, 1.82) is 0 Å². The van der Waals surface area contributed by atoms with Gasteiger partial charge in [-0.1, -0.05) is 23.0 Å². The largest absolute Gasteiger partial charge is 0.477 e. The van der Waals surface area contributed by atoms with Gasteiger partial charge in [0, 0.05) is 27.8 Å². The number of aliphatic carboxylic acids is 1. The molecule has 0 aromatic carbocycles. The van der Waals surface area contributed by atoms with Gasteiger partial charge in [-0.15, -0.1) is 46.2 Å². The minimum atomic E-state index is -1.45. The molecule has 0 radical (unpaired) electrons. The highest BCUT2D eigenvalue weighted by Crippen LogP contribution is 2.40. The van der Waals surface area contributed by atoms with E-state index < -0.39 is 75.9 Å². The first-order valence-electron chi connectivity index (χ1n) is 14.8. The number of ether oxygens (including phenoxy) is 1. The van der Waals surface area contributed by atoms with E-state index >= 15 is 0 Å². The molecule has 272 valence electrons. The number of rotatable bonds is 11. The van der Waals surface area contributed by atoms with Crippen LogP contribution in [0.15, 0.2) is 56.3 Å². The molecule has 2 aromatic heterocycles. The summed E-state index contributed by atoms with van der Waals surface area (Å²) in [6, 6.07) is -2.59. The van der Waals surface area contributed by atoms with E-state index in [4.69, 9.17) is 10.5 Å². The molecular weight excluding hydrogens is 765 g/mol. The second kappa shape index (κ2) is 14.6. The predicted octanol–water partition coefficient (Wildman–Crippen LogP) is -0.552. The van der Waals surface area contributed by atoms with Crippen LogP contribution in [-0.4, -0.2) is 118 Å². The number of β-lactam (4-membered cyclic amide) rings is 1. The van der Waals surface area contributed by atoms with Crippen molar-refractivity contribution in [2.45, 2.75) is 35.9 Å². The quantitative estimate of drug-likeness (QED) is 0.0466. The van der Waals surface area contributed by atoms with Gasteiger partial charge in [-0.05, 0) is 12.5 Å². The first kappa shape index (κ1) is 36.3. The lowest BCUT2D eigenvalue weighted by Gasteiger charge is -2.49. The maximum atomic E-state index is 13.8. The molecule has 52 heavy (non-hydrogen) atoms. The summed E-state index contributed by atoms with van der Waals surface area (Å²) < 4.78 is 5.26. The standard InChI is InChI=1S/C28H26N10O10S4/c1-3-9-4-50-24-17(23(42)38(24)18(9)25(43)44)33-20(40)15(37-47)12-7-52-28(31-12)35-21(41)16(22-34-13-10(5-49-22)8(2)48-26(13)45)32-19(39)14(36-46)11-6-51-27(29)30-11/h3,6-8,16-17,22,24,34,46-47H,1,4-5H2,2H3,(H2,29,30)(H,32,39)(H,33,40)(H,43,44)(H,31,35,41)/b36-14-,37-15-/t8?,16?,17-,22?,24-/m1/s1. The Balaban J connectivity index is 1.17. The SMILES string of the molecule is C=CC1=C(C(=O)O)N2C(=O)[C@@H](NC(=O)/C(=N\O)c3csc(NC(=O)C(NC(=O)/C(=N\O)c4csc(N)n4)C4NC5=C(CS4)C(C)OC5=O)n3)[C@H]2SC1. The second-order valence-electron chi connectivity index (χ2n) is 11.0. The Labute approximate surface area is 308 Å². The molecule has 0 saturated carbocycles. The Hall–Kier alpha value is -5.46. The molecule has 6 rings (SSSR count). The summed E-state index contributed by atoms with van der Waals surface area (Å²) in [4.78, 5) is 86.5. The smallest absolute Gasteiger partial charge is 0.355 e. The second-order valence-corrected chi connectivity index (χ2v) is 15.0. The van der Waals surface area contributed by atoms with Crippen molar-refractivity contribution in [3.8, 4) is 0 Å². The number of nitrogens with one attached hydrogen (secondary N) is 4. The van der Waals surface area contributed by atoms with E-state index in [1.54, 1.807) is 6.92 Å². The predicted molar refractivity (Wildman–Crippen MR) is 188 cm³/mol. The molecule has 1 fully saturated rings. The number of nitrogen functional groups attached to an aromatic ring is 1. The lowest BCUT2D eigenvalue weighted by Crippen LogP contribution is -2.71. The zero-order valence-corrected chi connectivity index (χ0v) is 29.7. The summed E-state index contributed by atoms with van der Waals surface area (Å²) in [5, 5.41) is 46.4. The molecule has 4 amide bonds. The fourth-order valence-corrected chi connectivity index (χ4v) is 9.36. The molecule has 4 aliphatic rings. The van der Waals surface area contributed by atoms with Crippen LogP contribution in [0.2, 0.25) is 0 Å². The number of cyclic esters (lactones) is 1. The number of carbonyl (C=O) groups is 6. The van der Waals surface area contributed by atoms with Gasteiger partial charge in [-0.25, -0.2) is 19.6 Å². The molecule has 2 aromatic rings. The number of thiazole rings is 2. The number of nitrogens with zero attached hydrogens (tertiary/aromatic N) is 5. The molecule has 24 heteroatoms. The molecule has 5 atom stereocenters. The maximum absolute atomic E-state index is 13.8. The third-order valence-corrected chi connectivity index (χ3v) is 11.9. The molecular formula is C28H26N10O10S4. The number of anilines is 2. The summed E-state index contributed by atoms with van der Waals surface area (Å²) >= 11 is 4.21. The highest BCUT2D eigenvalue weighted by atomic mass is 32.2. The van der Waals surface area contributed by atoms with E-state index in [0.29, 0.717) is 11.1 Å². The topological polar surface area (TPSA) is 300 Å². The van der Waals surface area contributed by atoms with Crippen molar-refractivity contribution < 1.29 is 49.0 Å². The van der Waals surface area contributed by atoms with Crippen LogP contribution in [0.3, 0.4) is 0 Å². The van der Waals surface area contributed by atoms with Crippen molar-refractivity contribution in [1.82, 2.24) is 30.8 Å². The molecule has 3 unspecified atom stereocenters. The van der Waals surface area contributed by atoms with E-state index in [-0.39, 0.29) is 44.6 Å². The van der Waals surface area contributed by atoms with E-state index in [1.165, 1.54) is 40.4 Å². The van der Waals surface area contributed by atoms with Gasteiger partial charge in [0.1, 0.15) is 51.7 Å². The third kappa shape index (κ3) is 6.67. The number of esters is 1. The van der Waals surface area contributed by atoms with E-state index in [1.807, 2.05) is 0 Å². The average molecular weight is 791 g/mol. The van der Waals surface area contributed by atoms with Crippen molar-refractivity contribution in [3.05, 3.63) is 57.3 Å². The lowest BCUT2D eigenvalue weighted by atomic mass is 10.0. The number of amides is 4. The first-order chi connectivity index (χ1) is 24.9. The number of carbonyl (C=O) groups excluding carboxylic acids is 5. The Kier molecular flexibility index (Phi) is 10.2. The van der Waals surface area contributed by atoms with Gasteiger partial charge in [-0.2, -0.15) is 0 Å². The van der Waals surface area contributed by atoms with Crippen LogP contribution in [0.25, 0.3) is 0 Å². The maximum Gasteiger partial charge on any atom is 0.355 e. The number of nitrogens with two attached hydrogens (primary N) is 1. The summed E-state index contributed by atoms with van der Waals surface area (Å²) in [6.45, 7) is 5.28. The molecule has 1 saturated heterocycles. The Morgan fingerprint density at radius 3 is 2.44 bits per heavy atom. The van der Waals surface area contributed by atoms with Crippen LogP contribution >= 0.6 is 46.2 Å². The van der Waals surface area contributed by atoms with Gasteiger partial charge in [0.15, 0.2) is 21.7 Å². The minimum Gasteiger partial charge on any atom is -0.477 e. The molecule has 9 N–H and O–H groups in total. The zero-order chi connectivity index (χ0) is 37.4. The first-order valence-corrected chi connectivity index (χ1v) is 18.6. The number of thioether (sulfide) groups is 2. The number of carboxylic acids is 1.